The largest absolute Gasteiger partial charge is 0.301 e. The van der Waals surface area contributed by atoms with Gasteiger partial charge in [0.05, 0.1) is 4.44 Å². The first-order valence-corrected chi connectivity index (χ1v) is 8.67. The van der Waals surface area contributed by atoms with Crippen molar-refractivity contribution in [1.82, 2.24) is 0 Å². The maximum atomic E-state index is 12.3. The highest BCUT2D eigenvalue weighted by Crippen LogP contribution is 2.61. The van der Waals surface area contributed by atoms with Crippen LogP contribution in [0.1, 0.15) is 19.8 Å². The van der Waals surface area contributed by atoms with Crippen LogP contribution in [0.3, 0.4) is 0 Å². The maximum absolute atomic E-state index is 12.3. The molecule has 0 aromatic rings. The fourth-order valence-electron chi connectivity index (χ4n) is 0.598. The predicted octanol–water partition coefficient (Wildman–Crippen LogP) is 4.40. The first-order valence-electron chi connectivity index (χ1n) is 3.50. The van der Waals surface area contributed by atoms with Gasteiger partial charge in [0.1, 0.15) is 0 Å². The van der Waals surface area contributed by atoms with Gasteiger partial charge >= 0.3 is 6.08 Å². The van der Waals surface area contributed by atoms with Gasteiger partial charge in [-0.2, -0.15) is 8.78 Å². The molecule has 0 aliphatic heterocycles. The standard InChI is InChI=1S/C6H10F3PS3/c1-4(10(11,12)13)2-3-5(7)6(8)9/h4H,2-3H2,1H3,(H2,11,12,13)/t4-/m0/s1. The molecule has 0 fully saturated rings. The summed E-state index contributed by atoms with van der Waals surface area (Å²) in [5, 5.41) is 0. The molecule has 0 nitrogen and oxygen atoms in total. The quantitative estimate of drug-likeness (QED) is 0.561. The van der Waals surface area contributed by atoms with Crippen LogP contribution in [-0.4, -0.2) is 5.66 Å². The topological polar surface area (TPSA) is 0 Å². The van der Waals surface area contributed by atoms with E-state index in [1.54, 1.807) is 6.92 Å². The summed E-state index contributed by atoms with van der Waals surface area (Å²) in [6, 6.07) is 0. The second-order valence-corrected chi connectivity index (χ2v) is 12.8. The summed E-state index contributed by atoms with van der Waals surface area (Å²) in [5.41, 5.74) is -0.112. The van der Waals surface area contributed by atoms with Crippen LogP contribution in [0, 0.1) is 0 Å². The van der Waals surface area contributed by atoms with Crippen molar-refractivity contribution in [2.75, 3.05) is 0 Å². The first-order chi connectivity index (χ1) is 5.75. The molecule has 0 N–H and O–H groups in total. The van der Waals surface area contributed by atoms with Crippen molar-refractivity contribution in [2.45, 2.75) is 25.4 Å². The molecule has 0 aromatic carbocycles. The van der Waals surface area contributed by atoms with Gasteiger partial charge in [0, 0.05) is 12.1 Å². The molecule has 7 heteroatoms. The Labute approximate surface area is 91.3 Å². The van der Waals surface area contributed by atoms with Crippen LogP contribution in [0.2, 0.25) is 0 Å². The zero-order valence-electron chi connectivity index (χ0n) is 6.88. The Kier molecular flexibility index (Phi) is 6.07. The Morgan fingerprint density at radius 3 is 2.15 bits per heavy atom. The van der Waals surface area contributed by atoms with E-state index in [1.165, 1.54) is 0 Å². The molecule has 0 rings (SSSR count). The molecule has 0 aromatic heterocycles. The molecule has 0 amide bonds. The average Bonchev–Trinajstić information content (AvgIpc) is 1.97. The molecular formula is C6H10F3PS3. The van der Waals surface area contributed by atoms with E-state index in [0.717, 1.165) is 0 Å². The van der Waals surface area contributed by atoms with Crippen molar-refractivity contribution < 1.29 is 13.2 Å². The summed E-state index contributed by atoms with van der Waals surface area (Å²) >= 11 is 13.1. The molecule has 0 aliphatic rings. The lowest BCUT2D eigenvalue weighted by molar-refractivity contribution is 0.368. The number of rotatable bonds is 4. The van der Waals surface area contributed by atoms with Gasteiger partial charge in [0.25, 0.3) is 0 Å². The molecular weight excluding hydrogens is 256 g/mol. The molecule has 13 heavy (non-hydrogen) atoms. The van der Waals surface area contributed by atoms with Crippen LogP contribution in [0.4, 0.5) is 13.2 Å². The number of hydrogen-bond acceptors (Lipinski definition) is 1. The molecule has 1 atom stereocenters. The summed E-state index contributed by atoms with van der Waals surface area (Å²) in [4.78, 5) is 0. The third-order valence-corrected chi connectivity index (χ3v) is 6.41. The Morgan fingerprint density at radius 2 is 1.85 bits per heavy atom. The zero-order valence-corrected chi connectivity index (χ0v) is 10.4. The van der Waals surface area contributed by atoms with E-state index < -0.39 is 16.3 Å². The van der Waals surface area contributed by atoms with Gasteiger partial charge in [-0.05, 0) is 6.42 Å². The molecule has 0 spiro atoms. The summed E-state index contributed by atoms with van der Waals surface area (Å²) in [7, 11) is 0. The Hall–Kier alpha value is 0.880. The van der Waals surface area contributed by atoms with E-state index >= 15 is 0 Å². The molecule has 0 aliphatic carbocycles. The van der Waals surface area contributed by atoms with Crippen LogP contribution >= 0.6 is 28.9 Å². The molecule has 0 saturated heterocycles. The zero-order chi connectivity index (χ0) is 10.6. The smallest absolute Gasteiger partial charge is 0.206 e. The van der Waals surface area contributed by atoms with Gasteiger partial charge in [-0.1, -0.05) is 18.7 Å². The minimum Gasteiger partial charge on any atom is -0.206 e. The number of thiol groups is 2. The average molecular weight is 266 g/mol. The Balaban J connectivity index is 4.06. The van der Waals surface area contributed by atoms with Crippen molar-refractivity contribution in [3.63, 3.8) is 0 Å². The minimum atomic E-state index is -2.25. The first kappa shape index (κ1) is 13.9. The fourth-order valence-corrected chi connectivity index (χ4v) is 2.07. The Bertz CT molecular complexity index is 244. The molecule has 0 radical (unpaired) electrons. The summed E-state index contributed by atoms with van der Waals surface area (Å²) in [6.07, 6.45) is -2.28. The molecule has 0 unspecified atom stereocenters. The van der Waals surface area contributed by atoms with E-state index in [1.807, 2.05) is 0 Å². The van der Waals surface area contributed by atoms with Gasteiger partial charge in [0.15, 0.2) is 5.83 Å². The second-order valence-electron chi connectivity index (χ2n) is 2.64. The lowest BCUT2D eigenvalue weighted by Gasteiger charge is -2.16. The fraction of sp³-hybridized carbons (Fsp3) is 0.667. The number of halogens is 3. The normalized spacial score (nSPS) is 14.0. The monoisotopic (exact) mass is 266 g/mol. The van der Waals surface area contributed by atoms with Crippen LogP contribution in [0.5, 0.6) is 0 Å². The summed E-state index contributed by atoms with van der Waals surface area (Å²) < 4.78 is 33.5. The third-order valence-electron chi connectivity index (χ3n) is 1.56. The van der Waals surface area contributed by atoms with E-state index in [9.17, 15) is 13.2 Å². The lowest BCUT2D eigenvalue weighted by Crippen LogP contribution is -1.96. The lowest BCUT2D eigenvalue weighted by atomic mass is 10.2. The van der Waals surface area contributed by atoms with Crippen molar-refractivity contribution in [3.05, 3.63) is 11.9 Å². The molecule has 0 bridgehead atoms. The van der Waals surface area contributed by atoms with Gasteiger partial charge in [-0.3, -0.25) is 0 Å². The SMILES string of the molecule is C[C@@H](CCC(F)=C(F)F)P(=S)(S)S. The van der Waals surface area contributed by atoms with Crippen molar-refractivity contribution in [1.29, 1.82) is 0 Å². The molecule has 0 saturated carbocycles. The van der Waals surface area contributed by atoms with Gasteiger partial charge in [-0.15, -0.1) is 24.5 Å². The predicted molar refractivity (Wildman–Crippen MR) is 61.3 cm³/mol. The second kappa shape index (κ2) is 5.69. The molecule has 78 valence electrons. The third kappa shape index (κ3) is 6.05. The highest BCUT2D eigenvalue weighted by Gasteiger charge is 2.17. The van der Waals surface area contributed by atoms with Crippen molar-refractivity contribution >= 4 is 40.7 Å². The highest BCUT2D eigenvalue weighted by atomic mass is 33.2. The summed E-state index contributed by atoms with van der Waals surface area (Å²) in [5.74, 6) is -1.36. The van der Waals surface area contributed by atoms with Gasteiger partial charge in [-0.25, -0.2) is 4.39 Å². The van der Waals surface area contributed by atoms with Crippen molar-refractivity contribution in [3.8, 4) is 0 Å². The minimum absolute atomic E-state index is 0.112. The van der Waals surface area contributed by atoms with Crippen molar-refractivity contribution in [2.24, 2.45) is 0 Å². The molecule has 0 heterocycles. The van der Waals surface area contributed by atoms with Crippen LogP contribution < -0.4 is 0 Å². The maximum Gasteiger partial charge on any atom is 0.301 e. The summed E-state index contributed by atoms with van der Waals surface area (Å²) in [6.45, 7) is 1.74. The number of hydrogen-bond donors (Lipinski definition) is 2. The van der Waals surface area contributed by atoms with Gasteiger partial charge < -0.3 is 0 Å². The van der Waals surface area contributed by atoms with Crippen LogP contribution in [-0.2, 0) is 11.8 Å². The highest BCUT2D eigenvalue weighted by molar-refractivity contribution is 8.92. The van der Waals surface area contributed by atoms with E-state index in [0.29, 0.717) is 0 Å². The number of allylic oxidation sites excluding steroid dienone is 1. The van der Waals surface area contributed by atoms with E-state index in [2.05, 4.69) is 24.5 Å². The van der Waals surface area contributed by atoms with E-state index in [4.69, 9.17) is 11.8 Å². The Morgan fingerprint density at radius 1 is 1.38 bits per heavy atom. The van der Waals surface area contributed by atoms with Crippen LogP contribution in [0.15, 0.2) is 11.9 Å². The van der Waals surface area contributed by atoms with E-state index in [-0.39, 0.29) is 18.5 Å². The van der Waals surface area contributed by atoms with Crippen LogP contribution in [0.25, 0.3) is 0 Å². The van der Waals surface area contributed by atoms with Gasteiger partial charge in [0.2, 0.25) is 0 Å².